The molecule has 42 heavy (non-hydrogen) atoms. The summed E-state index contributed by atoms with van der Waals surface area (Å²) in [5, 5.41) is 17.6. The zero-order chi connectivity index (χ0) is 29.2. The van der Waals surface area contributed by atoms with Crippen molar-refractivity contribution < 1.29 is 9.90 Å². The van der Waals surface area contributed by atoms with E-state index in [1.54, 1.807) is 29.2 Å². The lowest BCUT2D eigenvalue weighted by Crippen LogP contribution is -2.37. The summed E-state index contributed by atoms with van der Waals surface area (Å²) in [6, 6.07) is 10.3. The summed E-state index contributed by atoms with van der Waals surface area (Å²) >= 11 is 0. The number of carbonyl (C=O) groups excluding carboxylic acids is 1. The third kappa shape index (κ3) is 6.25. The van der Waals surface area contributed by atoms with Crippen LogP contribution in [0.15, 0.2) is 48.9 Å². The first-order valence-electron chi connectivity index (χ1n) is 15.2. The molecule has 2 N–H and O–H groups in total. The zero-order valence-corrected chi connectivity index (χ0v) is 24.9. The summed E-state index contributed by atoms with van der Waals surface area (Å²) in [6.45, 7) is 4.43. The van der Waals surface area contributed by atoms with E-state index >= 15 is 0 Å². The highest BCUT2D eigenvalue weighted by molar-refractivity contribution is 6.04. The number of likely N-dealkylation sites (tertiary alicyclic amines) is 1. The molecular weight excluding hydrogens is 528 g/mol. The van der Waals surface area contributed by atoms with Gasteiger partial charge in [0.05, 0.1) is 29.0 Å². The number of aliphatic hydroxyl groups is 1. The molecule has 222 valence electrons. The van der Waals surface area contributed by atoms with Gasteiger partial charge in [-0.3, -0.25) is 19.8 Å². The summed E-state index contributed by atoms with van der Waals surface area (Å²) in [7, 11) is 6.12. The van der Waals surface area contributed by atoms with Gasteiger partial charge in [0.2, 0.25) is 5.95 Å². The number of rotatable bonds is 8. The van der Waals surface area contributed by atoms with Crippen LogP contribution < -0.4 is 5.32 Å². The highest BCUT2D eigenvalue weighted by atomic mass is 16.3. The first-order valence-corrected chi connectivity index (χ1v) is 15.2. The number of hydrogen-bond donors (Lipinski definition) is 2. The Morgan fingerprint density at radius 3 is 2.57 bits per heavy atom. The molecule has 1 amide bonds. The standard InChI is InChI=1S/C32H42N8O2/c1-37(2)16-17-39-14-11-22(12-15-39)23-4-9-28-30(19-23)40(26-5-7-27(41)8-6-26)32(35-28)36-31(42)24-10-13-33-29(18-24)25-20-34-38(3)21-25/h4,9-10,13,18-22,26-27,41H,5-8,11-12,14-17H2,1-3H3,(H,35,36,42)/t26-,27+. The minimum Gasteiger partial charge on any atom is -0.393 e. The van der Waals surface area contributed by atoms with E-state index in [0.717, 1.165) is 81.3 Å². The molecule has 1 saturated carbocycles. The number of hydrogen-bond acceptors (Lipinski definition) is 7. The van der Waals surface area contributed by atoms with E-state index in [1.165, 1.54) is 5.56 Å². The number of pyridine rings is 1. The third-order valence-corrected chi connectivity index (χ3v) is 8.92. The van der Waals surface area contributed by atoms with Crippen molar-refractivity contribution in [2.45, 2.75) is 56.6 Å². The Kier molecular flexibility index (Phi) is 8.37. The molecule has 0 spiro atoms. The van der Waals surface area contributed by atoms with Crippen molar-refractivity contribution in [1.29, 1.82) is 0 Å². The minimum absolute atomic E-state index is 0.167. The number of anilines is 1. The second-order valence-corrected chi connectivity index (χ2v) is 12.2. The molecule has 0 radical (unpaired) electrons. The predicted octanol–water partition coefficient (Wildman–Crippen LogP) is 4.30. The SMILES string of the molecule is CN(C)CCN1CCC(c2ccc3nc(NC(=O)c4ccnc(-c5cnn(C)c5)c4)n([C@H]4CC[C@@H](O)CC4)c3c2)CC1. The number of aryl methyl sites for hydroxylation is 1. The van der Waals surface area contributed by atoms with Crippen LogP contribution in [0.1, 0.15) is 66.4 Å². The lowest BCUT2D eigenvalue weighted by molar-refractivity contribution is 0.102. The molecule has 4 aromatic rings. The zero-order valence-electron chi connectivity index (χ0n) is 24.9. The highest BCUT2D eigenvalue weighted by Crippen LogP contribution is 2.37. The van der Waals surface area contributed by atoms with E-state index in [0.29, 0.717) is 23.1 Å². The summed E-state index contributed by atoms with van der Waals surface area (Å²) in [6.07, 6.45) is 10.5. The molecule has 10 heteroatoms. The molecule has 1 aliphatic heterocycles. The number of imidazole rings is 1. The number of nitrogens with zero attached hydrogens (tertiary/aromatic N) is 7. The van der Waals surface area contributed by atoms with Crippen molar-refractivity contribution in [1.82, 2.24) is 34.1 Å². The van der Waals surface area contributed by atoms with Crippen LogP contribution in [-0.4, -0.2) is 91.5 Å². The number of aromatic nitrogens is 5. The summed E-state index contributed by atoms with van der Waals surface area (Å²) < 4.78 is 3.94. The van der Waals surface area contributed by atoms with Crippen LogP contribution in [-0.2, 0) is 7.05 Å². The van der Waals surface area contributed by atoms with Gasteiger partial charge in [-0.05, 0) is 101 Å². The fourth-order valence-corrected chi connectivity index (χ4v) is 6.43. The summed E-state index contributed by atoms with van der Waals surface area (Å²) in [5.74, 6) is 0.856. The van der Waals surface area contributed by atoms with Crippen molar-refractivity contribution in [3.05, 3.63) is 60.0 Å². The molecule has 1 aliphatic carbocycles. The molecule has 2 fully saturated rings. The maximum atomic E-state index is 13.5. The second kappa shape index (κ2) is 12.3. The Morgan fingerprint density at radius 1 is 1.07 bits per heavy atom. The number of benzene rings is 1. The monoisotopic (exact) mass is 570 g/mol. The van der Waals surface area contributed by atoms with Gasteiger partial charge in [0, 0.05) is 49.7 Å². The van der Waals surface area contributed by atoms with Gasteiger partial charge in [-0.15, -0.1) is 0 Å². The van der Waals surface area contributed by atoms with Gasteiger partial charge in [-0.2, -0.15) is 5.10 Å². The topological polar surface area (TPSA) is 104 Å². The van der Waals surface area contributed by atoms with E-state index in [9.17, 15) is 9.90 Å². The van der Waals surface area contributed by atoms with E-state index in [1.807, 2.05) is 13.2 Å². The van der Waals surface area contributed by atoms with Gasteiger partial charge in [-0.1, -0.05) is 6.07 Å². The maximum Gasteiger partial charge on any atom is 0.258 e. The molecule has 2 aliphatic rings. The number of nitrogens with one attached hydrogen (secondary N) is 1. The molecule has 0 atom stereocenters. The Bertz CT molecular complexity index is 1530. The van der Waals surface area contributed by atoms with Crippen molar-refractivity contribution in [2.24, 2.45) is 7.05 Å². The Hall–Kier alpha value is -3.60. The average Bonchev–Trinajstić information content (AvgIpc) is 3.59. The van der Waals surface area contributed by atoms with Crippen molar-refractivity contribution in [3.63, 3.8) is 0 Å². The number of piperidine rings is 1. The van der Waals surface area contributed by atoms with Crippen LogP contribution in [0, 0.1) is 0 Å². The van der Waals surface area contributed by atoms with E-state index in [4.69, 9.17) is 4.98 Å². The van der Waals surface area contributed by atoms with Crippen LogP contribution in [0.25, 0.3) is 22.3 Å². The molecule has 4 heterocycles. The van der Waals surface area contributed by atoms with E-state index < -0.39 is 0 Å². The quantitative estimate of drug-likeness (QED) is 0.326. The van der Waals surface area contributed by atoms with E-state index in [2.05, 4.69) is 62.1 Å². The maximum absolute atomic E-state index is 13.5. The first kappa shape index (κ1) is 28.5. The number of aliphatic hydroxyl groups excluding tert-OH is 1. The lowest BCUT2D eigenvalue weighted by Gasteiger charge is -2.33. The largest absolute Gasteiger partial charge is 0.393 e. The van der Waals surface area contributed by atoms with E-state index in [-0.39, 0.29) is 18.1 Å². The van der Waals surface area contributed by atoms with Gasteiger partial charge in [0.15, 0.2) is 0 Å². The van der Waals surface area contributed by atoms with Crippen molar-refractivity contribution in [3.8, 4) is 11.3 Å². The Morgan fingerprint density at radius 2 is 1.86 bits per heavy atom. The predicted molar refractivity (Wildman–Crippen MR) is 165 cm³/mol. The Labute approximate surface area is 247 Å². The number of fused-ring (bicyclic) bond motifs is 1. The number of amides is 1. The van der Waals surface area contributed by atoms with Crippen LogP contribution in [0.2, 0.25) is 0 Å². The van der Waals surface area contributed by atoms with Gasteiger partial charge >= 0.3 is 0 Å². The molecule has 0 bridgehead atoms. The minimum atomic E-state index is -0.259. The second-order valence-electron chi connectivity index (χ2n) is 12.2. The molecule has 0 unspecified atom stereocenters. The number of likely N-dealkylation sites (N-methyl/N-ethyl adjacent to an activating group) is 1. The van der Waals surface area contributed by atoms with Gasteiger partial charge < -0.3 is 19.5 Å². The number of carbonyl (C=O) groups is 1. The van der Waals surface area contributed by atoms with Crippen molar-refractivity contribution in [2.75, 3.05) is 45.6 Å². The summed E-state index contributed by atoms with van der Waals surface area (Å²) in [4.78, 5) is 27.7. The van der Waals surface area contributed by atoms with Gasteiger partial charge in [-0.25, -0.2) is 4.98 Å². The van der Waals surface area contributed by atoms with Crippen LogP contribution in [0.3, 0.4) is 0 Å². The van der Waals surface area contributed by atoms with Crippen LogP contribution in [0.5, 0.6) is 0 Å². The fourth-order valence-electron chi connectivity index (χ4n) is 6.43. The molecule has 1 saturated heterocycles. The highest BCUT2D eigenvalue weighted by Gasteiger charge is 2.27. The summed E-state index contributed by atoms with van der Waals surface area (Å²) in [5.41, 5.74) is 5.36. The molecule has 10 nitrogen and oxygen atoms in total. The molecule has 1 aromatic carbocycles. The molecular formula is C32H42N8O2. The molecule has 6 rings (SSSR count). The fraction of sp³-hybridized carbons (Fsp3) is 0.500. The Balaban J connectivity index is 1.27. The molecule has 3 aromatic heterocycles. The average molecular weight is 571 g/mol. The van der Waals surface area contributed by atoms with Crippen LogP contribution >= 0.6 is 0 Å². The normalized spacial score (nSPS) is 20.4. The lowest BCUT2D eigenvalue weighted by atomic mass is 9.89. The first-order chi connectivity index (χ1) is 20.3. The third-order valence-electron chi connectivity index (χ3n) is 8.92. The van der Waals surface area contributed by atoms with Gasteiger partial charge in [0.25, 0.3) is 5.91 Å². The smallest absolute Gasteiger partial charge is 0.258 e. The van der Waals surface area contributed by atoms with Crippen molar-refractivity contribution >= 4 is 22.9 Å². The van der Waals surface area contributed by atoms with Crippen LogP contribution in [0.4, 0.5) is 5.95 Å². The van der Waals surface area contributed by atoms with Gasteiger partial charge in [0.1, 0.15) is 0 Å².